The summed E-state index contributed by atoms with van der Waals surface area (Å²) in [4.78, 5) is 22.2. The highest BCUT2D eigenvalue weighted by Crippen LogP contribution is 2.11. The SMILES string of the molecule is CC(=O)OC(OC(C)=O)[Si]c1cccc2ccccc12. The van der Waals surface area contributed by atoms with Gasteiger partial charge < -0.3 is 9.47 Å². The maximum atomic E-state index is 11.1. The number of benzene rings is 2. The molecule has 2 radical (unpaired) electrons. The van der Waals surface area contributed by atoms with Crippen molar-refractivity contribution >= 4 is 37.4 Å². The van der Waals surface area contributed by atoms with E-state index in [1.807, 2.05) is 42.5 Å². The van der Waals surface area contributed by atoms with Gasteiger partial charge in [-0.3, -0.25) is 9.59 Å². The van der Waals surface area contributed by atoms with Gasteiger partial charge in [0.15, 0.2) is 9.52 Å². The summed E-state index contributed by atoms with van der Waals surface area (Å²) in [6.07, 6.45) is 0. The number of fused-ring (bicyclic) bond motifs is 1. The standard InChI is InChI=1S/C15H14O4Si/c1-10(16)18-15(19-11(2)17)20-14-9-5-7-12-6-3-4-8-13(12)14/h3-9,15H,1-2H3. The maximum Gasteiger partial charge on any atom is 0.305 e. The van der Waals surface area contributed by atoms with Crippen LogP contribution in [0.5, 0.6) is 0 Å². The van der Waals surface area contributed by atoms with E-state index in [2.05, 4.69) is 0 Å². The smallest absolute Gasteiger partial charge is 0.305 e. The van der Waals surface area contributed by atoms with Crippen molar-refractivity contribution in [3.63, 3.8) is 0 Å². The summed E-state index contributed by atoms with van der Waals surface area (Å²) in [7, 11) is 0.0489. The highest BCUT2D eigenvalue weighted by Gasteiger charge is 2.18. The first-order chi connectivity index (χ1) is 9.56. The molecule has 0 saturated carbocycles. The Balaban J connectivity index is 2.27. The van der Waals surface area contributed by atoms with Crippen molar-refractivity contribution < 1.29 is 19.1 Å². The average Bonchev–Trinajstić information content (AvgIpc) is 2.37. The zero-order chi connectivity index (χ0) is 14.5. The molecule has 0 heterocycles. The Bertz CT molecular complexity index is 617. The minimum atomic E-state index is -0.865. The quantitative estimate of drug-likeness (QED) is 0.486. The molecule has 0 aliphatic rings. The van der Waals surface area contributed by atoms with E-state index in [4.69, 9.17) is 9.47 Å². The Labute approximate surface area is 119 Å². The minimum Gasteiger partial charge on any atom is -0.430 e. The van der Waals surface area contributed by atoms with Gasteiger partial charge in [-0.1, -0.05) is 42.5 Å². The predicted molar refractivity (Wildman–Crippen MR) is 76.7 cm³/mol. The molecule has 0 N–H and O–H groups in total. The van der Waals surface area contributed by atoms with Crippen molar-refractivity contribution in [3.05, 3.63) is 42.5 Å². The van der Waals surface area contributed by atoms with Crippen molar-refractivity contribution in [2.24, 2.45) is 0 Å². The van der Waals surface area contributed by atoms with Crippen molar-refractivity contribution in [1.29, 1.82) is 0 Å². The Hall–Kier alpha value is -2.14. The van der Waals surface area contributed by atoms with E-state index in [-0.39, 0.29) is 9.52 Å². The number of hydrogen-bond acceptors (Lipinski definition) is 4. The van der Waals surface area contributed by atoms with Crippen LogP contribution in [-0.2, 0) is 19.1 Å². The molecule has 2 aromatic rings. The number of carbonyl (C=O) groups is 2. The van der Waals surface area contributed by atoms with E-state index in [0.29, 0.717) is 0 Å². The van der Waals surface area contributed by atoms with Crippen LogP contribution in [0.1, 0.15) is 13.8 Å². The van der Waals surface area contributed by atoms with Crippen LogP contribution < -0.4 is 5.19 Å². The van der Waals surface area contributed by atoms with E-state index < -0.39 is 17.9 Å². The van der Waals surface area contributed by atoms with E-state index >= 15 is 0 Å². The molecule has 0 aliphatic heterocycles. The summed E-state index contributed by atoms with van der Waals surface area (Å²) in [6, 6.07) is 13.8. The molecule has 102 valence electrons. The number of hydrogen-bond donors (Lipinski definition) is 0. The summed E-state index contributed by atoms with van der Waals surface area (Å²) in [6.45, 7) is 2.59. The average molecular weight is 286 g/mol. The van der Waals surface area contributed by atoms with Gasteiger partial charge in [0.05, 0.1) is 0 Å². The Kier molecular flexibility index (Phi) is 4.52. The van der Waals surface area contributed by atoms with E-state index in [9.17, 15) is 9.59 Å². The molecule has 0 bridgehead atoms. The largest absolute Gasteiger partial charge is 0.430 e. The van der Waals surface area contributed by atoms with Crippen LogP contribution in [-0.4, -0.2) is 27.4 Å². The van der Waals surface area contributed by atoms with Crippen molar-refractivity contribution in [2.45, 2.75) is 19.8 Å². The third-order valence-electron chi connectivity index (χ3n) is 2.61. The fraction of sp³-hybridized carbons (Fsp3) is 0.200. The molecule has 20 heavy (non-hydrogen) atoms. The van der Waals surface area contributed by atoms with Crippen LogP contribution >= 0.6 is 0 Å². The van der Waals surface area contributed by atoms with Crippen molar-refractivity contribution in [1.82, 2.24) is 0 Å². The van der Waals surface area contributed by atoms with Gasteiger partial charge in [-0.05, 0) is 16.0 Å². The normalized spacial score (nSPS) is 10.6. The van der Waals surface area contributed by atoms with Crippen LogP contribution in [0.4, 0.5) is 0 Å². The summed E-state index contributed by atoms with van der Waals surface area (Å²) >= 11 is 0. The third-order valence-corrected chi connectivity index (χ3v) is 3.83. The minimum absolute atomic E-state index is 0.0489. The number of esters is 2. The number of rotatable bonds is 4. The molecule has 0 aromatic heterocycles. The molecule has 0 atom stereocenters. The summed E-state index contributed by atoms with van der Waals surface area (Å²) in [5.74, 6) is -1.80. The Morgan fingerprint density at radius 3 is 2.20 bits per heavy atom. The summed E-state index contributed by atoms with van der Waals surface area (Å²) < 4.78 is 10.1. The van der Waals surface area contributed by atoms with Gasteiger partial charge in [0.25, 0.3) is 0 Å². The third kappa shape index (κ3) is 3.68. The first kappa shape index (κ1) is 14.3. The van der Waals surface area contributed by atoms with E-state index in [0.717, 1.165) is 16.0 Å². The van der Waals surface area contributed by atoms with Gasteiger partial charge >= 0.3 is 11.9 Å². The summed E-state index contributed by atoms with van der Waals surface area (Å²) in [5, 5.41) is 3.16. The van der Waals surface area contributed by atoms with E-state index in [1.165, 1.54) is 13.8 Å². The molecule has 0 aliphatic carbocycles. The first-order valence-corrected chi connectivity index (χ1v) is 7.23. The van der Waals surface area contributed by atoms with Gasteiger partial charge in [-0.2, -0.15) is 0 Å². The zero-order valence-electron chi connectivity index (χ0n) is 11.3. The molecule has 4 nitrogen and oxygen atoms in total. The fourth-order valence-corrected chi connectivity index (χ4v) is 3.14. The Morgan fingerprint density at radius 2 is 1.55 bits per heavy atom. The highest BCUT2D eigenvalue weighted by atomic mass is 28.2. The van der Waals surface area contributed by atoms with Gasteiger partial charge in [0.2, 0.25) is 5.91 Å². The molecule has 2 rings (SSSR count). The van der Waals surface area contributed by atoms with Crippen LogP contribution in [0, 0.1) is 0 Å². The second-order valence-electron chi connectivity index (χ2n) is 4.22. The molecular formula is C15H14O4Si. The van der Waals surface area contributed by atoms with Crippen LogP contribution in [0.15, 0.2) is 42.5 Å². The van der Waals surface area contributed by atoms with Gasteiger partial charge in [0.1, 0.15) is 0 Å². The molecule has 2 aromatic carbocycles. The lowest BCUT2D eigenvalue weighted by Gasteiger charge is -2.16. The van der Waals surface area contributed by atoms with Crippen molar-refractivity contribution in [3.8, 4) is 0 Å². The number of ether oxygens (including phenoxy) is 2. The molecule has 0 fully saturated rings. The van der Waals surface area contributed by atoms with Gasteiger partial charge in [-0.15, -0.1) is 0 Å². The lowest BCUT2D eigenvalue weighted by Crippen LogP contribution is -2.35. The lowest BCUT2D eigenvalue weighted by atomic mass is 10.1. The topological polar surface area (TPSA) is 52.6 Å². The molecule has 0 saturated heterocycles. The van der Waals surface area contributed by atoms with Gasteiger partial charge in [-0.25, -0.2) is 0 Å². The zero-order valence-corrected chi connectivity index (χ0v) is 12.3. The predicted octanol–water partition coefficient (Wildman–Crippen LogP) is 1.58. The second kappa shape index (κ2) is 6.34. The van der Waals surface area contributed by atoms with Crippen LogP contribution in [0.2, 0.25) is 0 Å². The first-order valence-electron chi connectivity index (χ1n) is 6.15. The van der Waals surface area contributed by atoms with Crippen LogP contribution in [0.25, 0.3) is 10.8 Å². The monoisotopic (exact) mass is 286 g/mol. The molecule has 0 unspecified atom stereocenters. The highest BCUT2D eigenvalue weighted by molar-refractivity contribution is 6.58. The molecule has 5 heteroatoms. The van der Waals surface area contributed by atoms with Crippen LogP contribution in [0.3, 0.4) is 0 Å². The fourth-order valence-electron chi connectivity index (χ4n) is 1.86. The molecule has 0 amide bonds. The lowest BCUT2D eigenvalue weighted by molar-refractivity contribution is -0.171. The summed E-state index contributed by atoms with van der Waals surface area (Å²) in [5.41, 5.74) is 0. The Morgan fingerprint density at radius 1 is 0.950 bits per heavy atom. The maximum absolute atomic E-state index is 11.1. The van der Waals surface area contributed by atoms with Gasteiger partial charge in [0, 0.05) is 13.8 Å². The molecule has 0 spiro atoms. The van der Waals surface area contributed by atoms with E-state index in [1.54, 1.807) is 0 Å². The van der Waals surface area contributed by atoms with Crippen molar-refractivity contribution in [2.75, 3.05) is 0 Å². The second-order valence-corrected chi connectivity index (χ2v) is 5.52. The molecular weight excluding hydrogens is 272 g/mol. The number of carbonyl (C=O) groups excluding carboxylic acids is 2.